The lowest BCUT2D eigenvalue weighted by Crippen LogP contribution is -2.30. The molecule has 3 heterocycles. The highest BCUT2D eigenvalue weighted by molar-refractivity contribution is 5.92. The summed E-state index contributed by atoms with van der Waals surface area (Å²) in [5, 5.41) is 2.79. The van der Waals surface area contributed by atoms with Crippen molar-refractivity contribution >= 4 is 17.4 Å². The number of aromatic amines is 1. The Labute approximate surface area is 146 Å². The molecule has 2 aromatic rings. The quantitative estimate of drug-likeness (QED) is 0.887. The zero-order valence-electron chi connectivity index (χ0n) is 14.6. The molecule has 1 saturated heterocycles. The highest BCUT2D eigenvalue weighted by atomic mass is 16.2. The van der Waals surface area contributed by atoms with Gasteiger partial charge in [-0.1, -0.05) is 0 Å². The lowest BCUT2D eigenvalue weighted by Gasteiger charge is -2.27. The SMILES string of the molecule is Cc1nc(C)c(CC(=O)Nc2ccc(N3CCCCC3)nc2)c(=O)[nH]1. The summed E-state index contributed by atoms with van der Waals surface area (Å²) in [4.78, 5) is 37.7. The van der Waals surface area contributed by atoms with Crippen LogP contribution in [-0.4, -0.2) is 33.9 Å². The maximum atomic E-state index is 12.2. The van der Waals surface area contributed by atoms with Crippen LogP contribution in [0.15, 0.2) is 23.1 Å². The number of aromatic nitrogens is 3. The minimum absolute atomic E-state index is 0.0116. The summed E-state index contributed by atoms with van der Waals surface area (Å²) in [6.45, 7) is 5.51. The molecule has 2 aromatic heterocycles. The van der Waals surface area contributed by atoms with E-state index in [1.807, 2.05) is 12.1 Å². The molecule has 0 aliphatic carbocycles. The van der Waals surface area contributed by atoms with Crippen LogP contribution in [0, 0.1) is 13.8 Å². The third kappa shape index (κ3) is 4.23. The minimum Gasteiger partial charge on any atom is -0.357 e. The van der Waals surface area contributed by atoms with E-state index in [2.05, 4.69) is 25.2 Å². The number of piperidine rings is 1. The minimum atomic E-state index is -0.265. The van der Waals surface area contributed by atoms with Gasteiger partial charge in [-0.2, -0.15) is 0 Å². The van der Waals surface area contributed by atoms with Gasteiger partial charge < -0.3 is 15.2 Å². The van der Waals surface area contributed by atoms with E-state index >= 15 is 0 Å². The largest absolute Gasteiger partial charge is 0.357 e. The second-order valence-corrected chi connectivity index (χ2v) is 6.39. The van der Waals surface area contributed by atoms with Gasteiger partial charge in [0.05, 0.1) is 18.3 Å². The number of nitrogens with zero attached hydrogens (tertiary/aromatic N) is 3. The summed E-state index contributed by atoms with van der Waals surface area (Å²) in [6, 6.07) is 3.77. The summed E-state index contributed by atoms with van der Waals surface area (Å²) in [6.07, 6.45) is 5.31. The second kappa shape index (κ2) is 7.46. The van der Waals surface area contributed by atoms with E-state index in [1.54, 1.807) is 20.0 Å². The number of pyridine rings is 1. The molecule has 0 unspecified atom stereocenters. The summed E-state index contributed by atoms with van der Waals surface area (Å²) in [7, 11) is 0. The van der Waals surface area contributed by atoms with Crippen molar-refractivity contribution < 1.29 is 4.79 Å². The van der Waals surface area contributed by atoms with E-state index in [0.29, 0.717) is 22.8 Å². The first-order valence-electron chi connectivity index (χ1n) is 8.60. The van der Waals surface area contributed by atoms with Gasteiger partial charge in [-0.25, -0.2) is 9.97 Å². The van der Waals surface area contributed by atoms with Crippen molar-refractivity contribution in [3.8, 4) is 0 Å². The number of aryl methyl sites for hydroxylation is 2. The normalized spacial score (nSPS) is 14.4. The lowest BCUT2D eigenvalue weighted by molar-refractivity contribution is -0.115. The van der Waals surface area contributed by atoms with Crippen LogP contribution in [0.1, 0.15) is 36.3 Å². The predicted octanol–water partition coefficient (Wildman–Crippen LogP) is 1.95. The molecule has 2 N–H and O–H groups in total. The van der Waals surface area contributed by atoms with Gasteiger partial charge in [-0.15, -0.1) is 0 Å². The molecule has 3 rings (SSSR count). The fourth-order valence-corrected chi connectivity index (χ4v) is 3.10. The monoisotopic (exact) mass is 341 g/mol. The molecule has 132 valence electrons. The van der Waals surface area contributed by atoms with Gasteiger partial charge in [0.15, 0.2) is 0 Å². The molecule has 0 saturated carbocycles. The van der Waals surface area contributed by atoms with Crippen LogP contribution in [0.5, 0.6) is 0 Å². The van der Waals surface area contributed by atoms with Crippen LogP contribution in [0.4, 0.5) is 11.5 Å². The van der Waals surface area contributed by atoms with Crippen LogP contribution in [0.25, 0.3) is 0 Å². The first kappa shape index (κ1) is 17.1. The Morgan fingerprint density at radius 1 is 1.24 bits per heavy atom. The maximum Gasteiger partial charge on any atom is 0.254 e. The van der Waals surface area contributed by atoms with Crippen molar-refractivity contribution in [1.82, 2.24) is 15.0 Å². The third-order valence-corrected chi connectivity index (χ3v) is 4.39. The van der Waals surface area contributed by atoms with Crippen LogP contribution in [0.3, 0.4) is 0 Å². The summed E-state index contributed by atoms with van der Waals surface area (Å²) in [5.74, 6) is 1.23. The maximum absolute atomic E-state index is 12.2. The standard InChI is InChI=1S/C18H23N5O2/c1-12-15(18(25)21-13(2)20-12)10-17(24)22-14-6-7-16(19-11-14)23-8-4-3-5-9-23/h6-7,11H,3-5,8-10H2,1-2H3,(H,22,24)(H,20,21,25). The van der Waals surface area contributed by atoms with Gasteiger partial charge in [0.25, 0.3) is 5.56 Å². The number of nitrogens with one attached hydrogen (secondary N) is 2. The van der Waals surface area contributed by atoms with Crippen LogP contribution < -0.4 is 15.8 Å². The molecule has 1 fully saturated rings. The van der Waals surface area contributed by atoms with Crippen molar-refractivity contribution in [2.45, 2.75) is 39.5 Å². The van der Waals surface area contributed by atoms with E-state index in [-0.39, 0.29) is 17.9 Å². The molecular formula is C18H23N5O2. The second-order valence-electron chi connectivity index (χ2n) is 6.39. The van der Waals surface area contributed by atoms with Gasteiger partial charge >= 0.3 is 0 Å². The molecule has 1 aliphatic heterocycles. The molecule has 0 spiro atoms. The van der Waals surface area contributed by atoms with E-state index < -0.39 is 0 Å². The average Bonchev–Trinajstić information content (AvgIpc) is 2.59. The molecule has 0 radical (unpaired) electrons. The molecule has 0 aromatic carbocycles. The molecule has 0 atom stereocenters. The van der Waals surface area contributed by atoms with Crippen molar-refractivity contribution in [2.24, 2.45) is 0 Å². The Morgan fingerprint density at radius 3 is 2.64 bits per heavy atom. The van der Waals surface area contributed by atoms with E-state index in [9.17, 15) is 9.59 Å². The molecule has 7 nitrogen and oxygen atoms in total. The zero-order chi connectivity index (χ0) is 17.8. The molecule has 0 bridgehead atoms. The topological polar surface area (TPSA) is 91.0 Å². The molecule has 1 amide bonds. The fraction of sp³-hybridized carbons (Fsp3) is 0.444. The van der Waals surface area contributed by atoms with Crippen molar-refractivity contribution in [1.29, 1.82) is 0 Å². The third-order valence-electron chi connectivity index (χ3n) is 4.39. The molecule has 7 heteroatoms. The number of anilines is 2. The van der Waals surface area contributed by atoms with Gasteiger partial charge in [0.2, 0.25) is 5.91 Å². The molecule has 1 aliphatic rings. The highest BCUT2D eigenvalue weighted by Crippen LogP contribution is 2.19. The molecule has 25 heavy (non-hydrogen) atoms. The fourth-order valence-electron chi connectivity index (χ4n) is 3.10. The van der Waals surface area contributed by atoms with Gasteiger partial charge in [-0.3, -0.25) is 9.59 Å². The Kier molecular flexibility index (Phi) is 5.11. The Bertz CT molecular complexity index is 807. The number of hydrogen-bond donors (Lipinski definition) is 2. The van der Waals surface area contributed by atoms with Crippen molar-refractivity contribution in [2.75, 3.05) is 23.3 Å². The average molecular weight is 341 g/mol. The van der Waals surface area contributed by atoms with E-state index in [0.717, 1.165) is 18.9 Å². The lowest BCUT2D eigenvalue weighted by atomic mass is 10.1. The number of carbonyl (C=O) groups is 1. The predicted molar refractivity (Wildman–Crippen MR) is 97.0 cm³/mol. The van der Waals surface area contributed by atoms with E-state index in [4.69, 9.17) is 0 Å². The van der Waals surface area contributed by atoms with Crippen LogP contribution >= 0.6 is 0 Å². The molecular weight excluding hydrogens is 318 g/mol. The zero-order valence-corrected chi connectivity index (χ0v) is 14.6. The highest BCUT2D eigenvalue weighted by Gasteiger charge is 2.14. The number of hydrogen-bond acceptors (Lipinski definition) is 5. The number of H-pyrrole nitrogens is 1. The smallest absolute Gasteiger partial charge is 0.254 e. The summed E-state index contributed by atoms with van der Waals surface area (Å²) in [5.41, 5.74) is 1.33. The van der Waals surface area contributed by atoms with Crippen molar-refractivity contribution in [3.63, 3.8) is 0 Å². The van der Waals surface area contributed by atoms with Gasteiger partial charge in [-0.05, 0) is 45.2 Å². The number of rotatable bonds is 4. The summed E-state index contributed by atoms with van der Waals surface area (Å²) < 4.78 is 0. The summed E-state index contributed by atoms with van der Waals surface area (Å²) >= 11 is 0. The van der Waals surface area contributed by atoms with Crippen molar-refractivity contribution in [3.05, 3.63) is 45.8 Å². The van der Waals surface area contributed by atoms with Gasteiger partial charge in [0.1, 0.15) is 11.6 Å². The number of carbonyl (C=O) groups excluding carboxylic acids is 1. The Hall–Kier alpha value is -2.70. The van der Waals surface area contributed by atoms with Gasteiger partial charge in [0, 0.05) is 24.3 Å². The number of amides is 1. The first-order chi connectivity index (χ1) is 12.0. The Morgan fingerprint density at radius 2 is 2.00 bits per heavy atom. The van der Waals surface area contributed by atoms with E-state index in [1.165, 1.54) is 19.3 Å². The first-order valence-corrected chi connectivity index (χ1v) is 8.60. The Balaban J connectivity index is 1.64. The van der Waals surface area contributed by atoms with Crippen LogP contribution in [-0.2, 0) is 11.2 Å². The van der Waals surface area contributed by atoms with Crippen LogP contribution in [0.2, 0.25) is 0 Å².